The lowest BCUT2D eigenvalue weighted by Gasteiger charge is -2.37. The first-order chi connectivity index (χ1) is 18.2. The van der Waals surface area contributed by atoms with E-state index in [1.54, 1.807) is 12.1 Å². The lowest BCUT2D eigenvalue weighted by molar-refractivity contribution is -0.128. The standard InChI is InChI=1S/C26H31F2N5O4S/c1-32(37-2)25(36)33-26(18-8-4-3-5-9-18,13-7-15-30-23(35)17-20(34)10-6-14-29)38-24(31-33)21-16-19(27)11-12-22(21)28/h3-5,8-9,11-12,16H,6-7,10,13-15,17,29H2,1-2H3,(H,30,35)/t26-/m0/s1. The zero-order chi connectivity index (χ0) is 27.7. The number of nitrogens with one attached hydrogen (secondary N) is 1. The van der Waals surface area contributed by atoms with Gasteiger partial charge >= 0.3 is 6.03 Å². The van der Waals surface area contributed by atoms with E-state index in [-0.39, 0.29) is 42.2 Å². The van der Waals surface area contributed by atoms with Gasteiger partial charge in [0.2, 0.25) is 5.91 Å². The second-order valence-electron chi connectivity index (χ2n) is 8.62. The molecule has 0 bridgehead atoms. The number of Topliss-reactive ketones (excluding diaryl/α,β-unsaturated/α-hetero) is 1. The van der Waals surface area contributed by atoms with Gasteiger partial charge in [-0.15, -0.1) is 0 Å². The van der Waals surface area contributed by atoms with Crippen LogP contribution in [-0.4, -0.2) is 60.1 Å². The van der Waals surface area contributed by atoms with Crippen LogP contribution in [0.1, 0.15) is 43.2 Å². The lowest BCUT2D eigenvalue weighted by atomic mass is 10.0. The molecule has 3 amide bonds. The number of ketones is 1. The second-order valence-corrected chi connectivity index (χ2v) is 9.88. The van der Waals surface area contributed by atoms with E-state index >= 15 is 0 Å². The van der Waals surface area contributed by atoms with Crippen molar-refractivity contribution in [3.05, 3.63) is 71.3 Å². The minimum Gasteiger partial charge on any atom is -0.356 e. The zero-order valence-corrected chi connectivity index (χ0v) is 22.1. The molecule has 2 aromatic carbocycles. The van der Waals surface area contributed by atoms with Crippen LogP contribution >= 0.6 is 11.8 Å². The maximum absolute atomic E-state index is 14.7. The monoisotopic (exact) mass is 547 g/mol. The Kier molecular flexibility index (Phi) is 10.3. The third-order valence-corrected chi connectivity index (χ3v) is 7.38. The van der Waals surface area contributed by atoms with Crippen LogP contribution in [0.2, 0.25) is 0 Å². The van der Waals surface area contributed by atoms with Gasteiger partial charge in [-0.3, -0.25) is 14.4 Å². The third kappa shape index (κ3) is 6.94. The van der Waals surface area contributed by atoms with E-state index in [1.807, 2.05) is 18.2 Å². The number of nitrogens with zero attached hydrogens (tertiary/aromatic N) is 3. The molecule has 0 saturated carbocycles. The molecule has 0 aliphatic carbocycles. The molecular formula is C26H31F2N5O4S. The number of carbonyl (C=O) groups excluding carboxylic acids is 3. The summed E-state index contributed by atoms with van der Waals surface area (Å²) in [6.07, 6.45) is 1.22. The normalized spacial score (nSPS) is 16.8. The highest BCUT2D eigenvalue weighted by molar-refractivity contribution is 8.15. The Bertz CT molecular complexity index is 1180. The van der Waals surface area contributed by atoms with E-state index in [0.29, 0.717) is 24.9 Å². The van der Waals surface area contributed by atoms with Crippen LogP contribution < -0.4 is 11.1 Å². The molecule has 9 nitrogen and oxygen atoms in total. The number of hydrogen-bond donors (Lipinski definition) is 2. The van der Waals surface area contributed by atoms with Crippen LogP contribution in [0.15, 0.2) is 53.6 Å². The number of hydroxylamine groups is 2. The summed E-state index contributed by atoms with van der Waals surface area (Å²) in [4.78, 5) is 41.4. The van der Waals surface area contributed by atoms with Gasteiger partial charge in [0, 0.05) is 25.6 Å². The Hall–Kier alpha value is -3.35. The molecule has 0 fully saturated rings. The summed E-state index contributed by atoms with van der Waals surface area (Å²) in [5.74, 6) is -1.90. The van der Waals surface area contributed by atoms with Gasteiger partial charge in [0.1, 0.15) is 27.3 Å². The number of urea groups is 1. The average molecular weight is 548 g/mol. The second kappa shape index (κ2) is 13.4. The molecule has 38 heavy (non-hydrogen) atoms. The minimum atomic E-state index is -1.15. The van der Waals surface area contributed by atoms with Crippen molar-refractivity contribution >= 4 is 34.5 Å². The van der Waals surface area contributed by atoms with Crippen LogP contribution in [-0.2, 0) is 19.3 Å². The summed E-state index contributed by atoms with van der Waals surface area (Å²) >= 11 is 1.12. The number of halogens is 2. The summed E-state index contributed by atoms with van der Waals surface area (Å²) in [5, 5.41) is 9.48. The molecule has 1 atom stereocenters. The van der Waals surface area contributed by atoms with Crippen molar-refractivity contribution in [1.29, 1.82) is 0 Å². The zero-order valence-electron chi connectivity index (χ0n) is 21.3. The van der Waals surface area contributed by atoms with E-state index in [2.05, 4.69) is 10.4 Å². The van der Waals surface area contributed by atoms with Crippen molar-refractivity contribution in [3.63, 3.8) is 0 Å². The summed E-state index contributed by atoms with van der Waals surface area (Å²) in [5.41, 5.74) is 6.03. The van der Waals surface area contributed by atoms with Crippen molar-refractivity contribution in [2.45, 2.75) is 37.0 Å². The molecule has 0 spiro atoms. The van der Waals surface area contributed by atoms with E-state index in [1.165, 1.54) is 19.2 Å². The van der Waals surface area contributed by atoms with Crippen molar-refractivity contribution < 1.29 is 28.0 Å². The predicted molar refractivity (Wildman–Crippen MR) is 141 cm³/mol. The molecule has 12 heteroatoms. The Morgan fingerprint density at radius 1 is 1.16 bits per heavy atom. The fourth-order valence-corrected chi connectivity index (χ4v) is 5.35. The number of hydrazone groups is 1. The van der Waals surface area contributed by atoms with Crippen molar-refractivity contribution in [3.8, 4) is 0 Å². The van der Waals surface area contributed by atoms with Crippen LogP contribution in [0, 0.1) is 11.6 Å². The first-order valence-electron chi connectivity index (χ1n) is 12.1. The molecule has 3 rings (SSSR count). The smallest absolute Gasteiger partial charge is 0.356 e. The number of rotatable bonds is 12. The van der Waals surface area contributed by atoms with Gasteiger partial charge in [0.05, 0.1) is 13.5 Å². The van der Waals surface area contributed by atoms with Gasteiger partial charge in [-0.2, -0.15) is 10.1 Å². The highest BCUT2D eigenvalue weighted by Crippen LogP contribution is 2.50. The van der Waals surface area contributed by atoms with Crippen molar-refractivity contribution in [2.75, 3.05) is 27.2 Å². The predicted octanol–water partition coefficient (Wildman–Crippen LogP) is 3.74. The maximum atomic E-state index is 14.7. The largest absolute Gasteiger partial charge is 0.365 e. The van der Waals surface area contributed by atoms with E-state index in [9.17, 15) is 23.2 Å². The van der Waals surface area contributed by atoms with Gasteiger partial charge in [-0.05, 0) is 49.6 Å². The molecular weight excluding hydrogens is 516 g/mol. The Balaban J connectivity index is 1.88. The SMILES string of the molecule is CON(C)C(=O)N1N=C(c2cc(F)ccc2F)S[C@@]1(CCCNC(=O)CC(=O)CCCN)c1ccccc1. The van der Waals surface area contributed by atoms with Gasteiger partial charge in [0.15, 0.2) is 0 Å². The Morgan fingerprint density at radius 2 is 1.89 bits per heavy atom. The molecule has 204 valence electrons. The molecule has 0 radical (unpaired) electrons. The maximum Gasteiger partial charge on any atom is 0.365 e. The van der Waals surface area contributed by atoms with Gasteiger partial charge < -0.3 is 11.1 Å². The van der Waals surface area contributed by atoms with Gasteiger partial charge in [-0.1, -0.05) is 42.1 Å². The molecule has 0 saturated heterocycles. The highest BCUT2D eigenvalue weighted by Gasteiger charge is 2.49. The van der Waals surface area contributed by atoms with E-state index < -0.39 is 28.4 Å². The summed E-state index contributed by atoms with van der Waals surface area (Å²) in [6, 6.07) is 11.5. The van der Waals surface area contributed by atoms with E-state index in [0.717, 1.165) is 35.0 Å². The molecule has 3 N–H and O–H groups in total. The number of amides is 3. The number of benzene rings is 2. The van der Waals surface area contributed by atoms with Crippen LogP contribution in [0.4, 0.5) is 13.6 Å². The molecule has 1 heterocycles. The van der Waals surface area contributed by atoms with Crippen LogP contribution in [0.25, 0.3) is 0 Å². The summed E-state index contributed by atoms with van der Waals surface area (Å²) in [7, 11) is 2.74. The number of nitrogens with two attached hydrogens (primary N) is 1. The summed E-state index contributed by atoms with van der Waals surface area (Å²) in [6.45, 7) is 0.605. The molecule has 0 aromatic heterocycles. The molecule has 1 aliphatic rings. The number of thioether (sulfide) groups is 1. The Morgan fingerprint density at radius 3 is 2.58 bits per heavy atom. The fourth-order valence-electron chi connectivity index (χ4n) is 3.94. The summed E-state index contributed by atoms with van der Waals surface area (Å²) < 4.78 is 28.8. The highest BCUT2D eigenvalue weighted by atomic mass is 32.2. The third-order valence-electron chi connectivity index (χ3n) is 5.94. The van der Waals surface area contributed by atoms with Crippen molar-refractivity contribution in [2.24, 2.45) is 10.8 Å². The first kappa shape index (κ1) is 29.2. The van der Waals surface area contributed by atoms with Crippen LogP contribution in [0.5, 0.6) is 0 Å². The minimum absolute atomic E-state index is 0.0741. The number of carbonyl (C=O) groups is 3. The lowest BCUT2D eigenvalue weighted by Crippen LogP contribution is -2.47. The van der Waals surface area contributed by atoms with Gasteiger partial charge in [0.25, 0.3) is 0 Å². The number of hydrogen-bond acceptors (Lipinski definition) is 7. The quantitative estimate of drug-likeness (QED) is 0.238. The fraction of sp³-hybridized carbons (Fsp3) is 0.385. The molecule has 2 aromatic rings. The topological polar surface area (TPSA) is 117 Å². The average Bonchev–Trinajstić information content (AvgIpc) is 3.31. The molecule has 0 unspecified atom stereocenters. The molecule has 1 aliphatic heterocycles. The van der Waals surface area contributed by atoms with E-state index in [4.69, 9.17) is 10.6 Å². The first-order valence-corrected chi connectivity index (χ1v) is 12.9. The van der Waals surface area contributed by atoms with Crippen molar-refractivity contribution in [1.82, 2.24) is 15.4 Å². The van der Waals surface area contributed by atoms with Gasteiger partial charge in [-0.25, -0.2) is 18.6 Å². The Labute approximate surface area is 224 Å². The van der Waals surface area contributed by atoms with Crippen LogP contribution in [0.3, 0.4) is 0 Å².